The number of oxime groups is 1. The molecule has 6 rings (SSSR count). The zero-order valence-electron chi connectivity index (χ0n) is 23.0. The van der Waals surface area contributed by atoms with E-state index in [9.17, 15) is 9.59 Å². The molecule has 0 radical (unpaired) electrons. The number of nitrogens with zero attached hydrogens (tertiary/aromatic N) is 6. The molecule has 0 saturated carbocycles. The number of rotatable bonds is 10. The van der Waals surface area contributed by atoms with Gasteiger partial charge in [0.05, 0.1) is 30.7 Å². The summed E-state index contributed by atoms with van der Waals surface area (Å²) in [5, 5.41) is 11.7. The van der Waals surface area contributed by atoms with Crippen molar-refractivity contribution in [3.8, 4) is 11.1 Å². The number of hydrogen-bond acceptors (Lipinski definition) is 10. The second-order valence-corrected chi connectivity index (χ2v) is 10.2. The maximum atomic E-state index is 15.2. The lowest BCUT2D eigenvalue weighted by Gasteiger charge is -2.14. The highest BCUT2D eigenvalue weighted by Crippen LogP contribution is 2.29. The minimum Gasteiger partial charge on any atom is -0.460 e. The van der Waals surface area contributed by atoms with E-state index in [1.54, 1.807) is 47.5 Å². The average molecular weight is 586 g/mol. The van der Waals surface area contributed by atoms with Gasteiger partial charge in [0, 0.05) is 29.9 Å². The first kappa shape index (κ1) is 28.0. The van der Waals surface area contributed by atoms with Crippen molar-refractivity contribution < 1.29 is 28.3 Å². The van der Waals surface area contributed by atoms with Crippen LogP contribution in [0, 0.1) is 5.82 Å². The van der Waals surface area contributed by atoms with Crippen LogP contribution in [0.1, 0.15) is 17.7 Å². The number of esters is 1. The largest absolute Gasteiger partial charge is 0.460 e. The molecular formula is C30H28FN7O5. The van der Waals surface area contributed by atoms with Gasteiger partial charge in [0.25, 0.3) is 0 Å². The molecule has 2 N–H and O–H groups in total. The fourth-order valence-corrected chi connectivity index (χ4v) is 4.90. The molecule has 0 unspecified atom stereocenters. The number of halogens is 1. The maximum absolute atomic E-state index is 15.2. The topological polar surface area (TPSA) is 147 Å². The number of nitrogens with two attached hydrogens (primary N) is 1. The predicted octanol–water partition coefficient (Wildman–Crippen LogP) is 3.11. The lowest BCUT2D eigenvalue weighted by atomic mass is 10.0. The lowest BCUT2D eigenvalue weighted by Crippen LogP contribution is -2.36. The molecular weight excluding hydrogens is 557 g/mol. The monoisotopic (exact) mass is 585 g/mol. The molecule has 13 heteroatoms. The number of aromatic nitrogens is 4. The zero-order chi connectivity index (χ0) is 29.8. The van der Waals surface area contributed by atoms with Crippen molar-refractivity contribution in [3.63, 3.8) is 0 Å². The molecule has 220 valence electrons. The van der Waals surface area contributed by atoms with Gasteiger partial charge in [-0.3, -0.25) is 14.7 Å². The van der Waals surface area contributed by atoms with Crippen LogP contribution in [0.4, 0.5) is 14.9 Å². The molecule has 0 spiro atoms. The molecule has 4 heterocycles. The number of carbonyl (C=O) groups excluding carboxylic acids is 2. The van der Waals surface area contributed by atoms with Crippen LogP contribution in [-0.2, 0) is 32.1 Å². The van der Waals surface area contributed by atoms with Crippen LogP contribution in [0.15, 0.2) is 84.4 Å². The summed E-state index contributed by atoms with van der Waals surface area (Å²) in [6.07, 6.45) is 4.10. The van der Waals surface area contributed by atoms with Gasteiger partial charge in [0.1, 0.15) is 30.3 Å². The Balaban J connectivity index is 1.02. The molecule has 0 aliphatic carbocycles. The molecule has 2 aliphatic rings. The number of carbonyl (C=O) groups is 2. The van der Waals surface area contributed by atoms with Gasteiger partial charge in [-0.25, -0.2) is 13.9 Å². The van der Waals surface area contributed by atoms with Gasteiger partial charge >= 0.3 is 12.1 Å². The van der Waals surface area contributed by atoms with Crippen molar-refractivity contribution in [3.05, 3.63) is 96.3 Å². The molecule has 0 bridgehead atoms. The van der Waals surface area contributed by atoms with Gasteiger partial charge in [-0.1, -0.05) is 46.8 Å². The maximum Gasteiger partial charge on any atom is 0.414 e. The molecule has 4 aromatic rings. The Bertz CT molecular complexity index is 1620. The summed E-state index contributed by atoms with van der Waals surface area (Å²) in [6, 6.07) is 16.7. The Morgan fingerprint density at radius 1 is 1.14 bits per heavy atom. The minimum absolute atomic E-state index is 0.00965. The van der Waals surface area contributed by atoms with Crippen molar-refractivity contribution in [2.75, 3.05) is 18.1 Å². The molecule has 1 saturated heterocycles. The SMILES string of the molecule is N[C@@H](Cc1ccccc1)C(=O)OC[C@@H]1CC(c2ccc(-c3ccc(N4C[C@H](Cn5ccnn5)OC4=O)cc3F)cn2)=NO1. The quantitative estimate of drug-likeness (QED) is 0.277. The summed E-state index contributed by atoms with van der Waals surface area (Å²) in [4.78, 5) is 36.0. The third-order valence-corrected chi connectivity index (χ3v) is 7.12. The third kappa shape index (κ3) is 6.51. The molecule has 2 aromatic heterocycles. The van der Waals surface area contributed by atoms with Crippen LogP contribution >= 0.6 is 0 Å². The minimum atomic E-state index is -0.778. The number of pyridine rings is 1. The van der Waals surface area contributed by atoms with E-state index in [0.29, 0.717) is 47.6 Å². The van der Waals surface area contributed by atoms with E-state index >= 15 is 4.39 Å². The molecule has 2 aliphatic heterocycles. The molecule has 2 aromatic carbocycles. The van der Waals surface area contributed by atoms with Crippen molar-refractivity contribution in [1.82, 2.24) is 20.0 Å². The number of cyclic esters (lactones) is 1. The smallest absolute Gasteiger partial charge is 0.414 e. The molecule has 3 atom stereocenters. The summed E-state index contributed by atoms with van der Waals surface area (Å²) in [5.41, 5.74) is 9.37. The van der Waals surface area contributed by atoms with Gasteiger partial charge < -0.3 is 20.0 Å². The average Bonchev–Trinajstić information content (AvgIpc) is 3.79. The van der Waals surface area contributed by atoms with Gasteiger partial charge in [0.2, 0.25) is 0 Å². The van der Waals surface area contributed by atoms with Crippen LogP contribution in [0.2, 0.25) is 0 Å². The first-order valence-corrected chi connectivity index (χ1v) is 13.7. The highest BCUT2D eigenvalue weighted by atomic mass is 19.1. The van der Waals surface area contributed by atoms with Crippen molar-refractivity contribution in [2.24, 2.45) is 10.9 Å². The van der Waals surface area contributed by atoms with Crippen LogP contribution in [0.25, 0.3) is 11.1 Å². The summed E-state index contributed by atoms with van der Waals surface area (Å²) >= 11 is 0. The molecule has 1 amide bonds. The van der Waals surface area contributed by atoms with Gasteiger partial charge in [-0.15, -0.1) is 5.10 Å². The Morgan fingerprint density at radius 3 is 2.74 bits per heavy atom. The second-order valence-electron chi connectivity index (χ2n) is 10.2. The van der Waals surface area contributed by atoms with E-state index in [1.165, 1.54) is 11.0 Å². The zero-order valence-corrected chi connectivity index (χ0v) is 23.0. The van der Waals surface area contributed by atoms with Crippen LogP contribution in [0.3, 0.4) is 0 Å². The number of benzene rings is 2. The van der Waals surface area contributed by atoms with Crippen molar-refractivity contribution in [1.29, 1.82) is 0 Å². The number of ether oxygens (including phenoxy) is 2. The van der Waals surface area contributed by atoms with E-state index in [2.05, 4.69) is 20.5 Å². The van der Waals surface area contributed by atoms with E-state index in [-0.39, 0.29) is 13.2 Å². The Kier molecular flexibility index (Phi) is 8.05. The van der Waals surface area contributed by atoms with Crippen molar-refractivity contribution in [2.45, 2.75) is 37.6 Å². The predicted molar refractivity (Wildman–Crippen MR) is 152 cm³/mol. The first-order chi connectivity index (χ1) is 20.9. The fourth-order valence-electron chi connectivity index (χ4n) is 4.90. The normalized spacial score (nSPS) is 18.6. The van der Waals surface area contributed by atoms with Crippen molar-refractivity contribution >= 4 is 23.5 Å². The summed E-state index contributed by atoms with van der Waals surface area (Å²) in [7, 11) is 0. The van der Waals surface area contributed by atoms with Gasteiger partial charge in [-0.05, 0) is 36.2 Å². The standard InChI is InChI=1S/C30H28FN7O5/c31-25-13-21(38-17-23(42-30(38)40)16-37-11-10-34-36-37)7-8-24(25)20-6-9-27(33-15-20)28-14-22(43-35-28)18-41-29(39)26(32)12-19-4-2-1-3-5-19/h1-11,13,15,22-23,26H,12,14,16-18,32H2/t22-,23-,26-/m0/s1. The third-order valence-electron chi connectivity index (χ3n) is 7.12. The summed E-state index contributed by atoms with van der Waals surface area (Å²) in [5.74, 6) is -1.02. The number of hydrogen-bond donors (Lipinski definition) is 1. The van der Waals surface area contributed by atoms with Crippen LogP contribution in [0.5, 0.6) is 0 Å². The van der Waals surface area contributed by atoms with E-state index in [1.807, 2.05) is 30.3 Å². The Labute approximate surface area is 245 Å². The van der Waals surface area contributed by atoms with E-state index < -0.39 is 36.1 Å². The summed E-state index contributed by atoms with van der Waals surface area (Å²) < 4.78 is 27.5. The van der Waals surface area contributed by atoms with Crippen LogP contribution in [-0.4, -0.2) is 69.2 Å². The van der Waals surface area contributed by atoms with Gasteiger partial charge in [-0.2, -0.15) is 0 Å². The molecule has 43 heavy (non-hydrogen) atoms. The highest BCUT2D eigenvalue weighted by Gasteiger charge is 2.33. The van der Waals surface area contributed by atoms with E-state index in [4.69, 9.17) is 20.0 Å². The Hall–Kier alpha value is -5.17. The second kappa shape index (κ2) is 12.4. The Morgan fingerprint density at radius 2 is 2.00 bits per heavy atom. The fraction of sp³-hybridized carbons (Fsp3) is 0.267. The number of anilines is 1. The van der Waals surface area contributed by atoms with E-state index in [0.717, 1.165) is 5.56 Å². The lowest BCUT2D eigenvalue weighted by molar-refractivity contribution is -0.148. The highest BCUT2D eigenvalue weighted by molar-refractivity contribution is 5.99. The number of amides is 1. The molecule has 12 nitrogen and oxygen atoms in total. The molecule has 1 fully saturated rings. The first-order valence-electron chi connectivity index (χ1n) is 13.7. The van der Waals surface area contributed by atoms with Crippen LogP contribution < -0.4 is 10.6 Å². The van der Waals surface area contributed by atoms with Gasteiger partial charge in [0.15, 0.2) is 6.10 Å². The summed E-state index contributed by atoms with van der Waals surface area (Å²) in [6.45, 7) is 0.625.